The first kappa shape index (κ1) is 23.3. The van der Waals surface area contributed by atoms with Crippen LogP contribution in [0.5, 0.6) is 0 Å². The Bertz CT molecular complexity index is 1090. The maximum Gasteiger partial charge on any atom is 0.171 e. The third kappa shape index (κ3) is 7.40. The van der Waals surface area contributed by atoms with E-state index in [0.29, 0.717) is 0 Å². The number of unbranched alkanes of at least 4 members (excludes halogenated alkanes) is 2. The van der Waals surface area contributed by atoms with E-state index in [1.54, 1.807) is 0 Å². The molecule has 0 aliphatic heterocycles. The van der Waals surface area contributed by atoms with E-state index in [0.717, 1.165) is 49.9 Å². The predicted octanol–water partition coefficient (Wildman–Crippen LogP) is 5.16. The van der Waals surface area contributed by atoms with E-state index >= 15 is 0 Å². The van der Waals surface area contributed by atoms with E-state index in [-0.39, 0.29) is 0 Å². The molecule has 0 unspecified atom stereocenters. The Morgan fingerprint density at radius 1 is 0.625 bits per heavy atom. The summed E-state index contributed by atoms with van der Waals surface area (Å²) in [6, 6.07) is 12.6. The number of benzene rings is 1. The fraction of sp³-hybridized carbons (Fsp3) is 0.333. The largest absolute Gasteiger partial charge is 0.205 e. The molecule has 0 N–H and O–H groups in total. The molecule has 32 heavy (non-hydrogen) atoms. The molecule has 2 heteroatoms. The molecule has 0 bridgehead atoms. The molecule has 2 heterocycles. The summed E-state index contributed by atoms with van der Waals surface area (Å²) in [7, 11) is 0. The van der Waals surface area contributed by atoms with Crippen molar-refractivity contribution in [3.63, 3.8) is 0 Å². The maximum atomic E-state index is 3.31. The van der Waals surface area contributed by atoms with Crippen LogP contribution in [0.4, 0.5) is 0 Å². The zero-order chi connectivity index (χ0) is 22.8. The summed E-state index contributed by atoms with van der Waals surface area (Å²) in [4.78, 5) is 0. The lowest BCUT2D eigenvalue weighted by Gasteiger charge is -1.99. The molecule has 3 aromatic rings. The summed E-state index contributed by atoms with van der Waals surface area (Å²) in [5.41, 5.74) is 7.43. The van der Waals surface area contributed by atoms with Crippen LogP contribution >= 0.6 is 0 Å². The highest BCUT2D eigenvalue weighted by Crippen LogP contribution is 2.04. The SMILES string of the molecule is Cc1cc[n+](CCCC#Cc2cccc(C#CCCC[n+]3ccc(C)c(C)c3)c2)cc1C. The smallest absolute Gasteiger partial charge is 0.171 e. The number of hydrogen-bond donors (Lipinski definition) is 0. The second-order valence-corrected chi connectivity index (χ2v) is 8.49. The van der Waals surface area contributed by atoms with Gasteiger partial charge in [-0.15, -0.1) is 0 Å². The molecule has 0 amide bonds. The highest BCUT2D eigenvalue weighted by Gasteiger charge is 2.03. The highest BCUT2D eigenvalue weighted by molar-refractivity contribution is 5.43. The average Bonchev–Trinajstić information content (AvgIpc) is 2.78. The van der Waals surface area contributed by atoms with Gasteiger partial charge in [-0.05, 0) is 57.0 Å². The van der Waals surface area contributed by atoms with E-state index in [2.05, 4.69) is 116 Å². The third-order valence-electron chi connectivity index (χ3n) is 5.76. The van der Waals surface area contributed by atoms with Gasteiger partial charge in [0.1, 0.15) is 13.1 Å². The zero-order valence-corrected chi connectivity index (χ0v) is 19.9. The van der Waals surface area contributed by atoms with Crippen molar-refractivity contribution in [1.29, 1.82) is 0 Å². The molecular formula is C30H34N2+2. The Morgan fingerprint density at radius 3 is 1.53 bits per heavy atom. The Labute approximate surface area is 194 Å². The lowest BCUT2D eigenvalue weighted by Crippen LogP contribution is -2.33. The fourth-order valence-corrected chi connectivity index (χ4v) is 3.45. The molecule has 0 saturated heterocycles. The number of hydrogen-bond acceptors (Lipinski definition) is 0. The summed E-state index contributed by atoms with van der Waals surface area (Å²) >= 11 is 0. The zero-order valence-electron chi connectivity index (χ0n) is 19.9. The van der Waals surface area contributed by atoms with E-state index in [1.165, 1.54) is 22.3 Å². The van der Waals surface area contributed by atoms with Gasteiger partial charge in [0.15, 0.2) is 24.8 Å². The molecule has 0 spiro atoms. The molecule has 1 aromatic carbocycles. The summed E-state index contributed by atoms with van der Waals surface area (Å²) in [6.07, 6.45) is 12.6. The number of rotatable bonds is 6. The second kappa shape index (κ2) is 11.9. The van der Waals surface area contributed by atoms with Crippen molar-refractivity contribution in [3.05, 3.63) is 94.6 Å². The summed E-state index contributed by atoms with van der Waals surface area (Å²) in [5, 5.41) is 0. The number of aryl methyl sites for hydroxylation is 6. The topological polar surface area (TPSA) is 7.76 Å². The van der Waals surface area contributed by atoms with Gasteiger partial charge >= 0.3 is 0 Å². The summed E-state index contributed by atoms with van der Waals surface area (Å²) in [5.74, 6) is 13.2. The van der Waals surface area contributed by atoms with Crippen LogP contribution in [0.25, 0.3) is 0 Å². The van der Waals surface area contributed by atoms with Crippen molar-refractivity contribution in [1.82, 2.24) is 0 Å². The van der Waals surface area contributed by atoms with Crippen LogP contribution in [0.3, 0.4) is 0 Å². The minimum absolute atomic E-state index is 0.895. The lowest BCUT2D eigenvalue weighted by molar-refractivity contribution is -0.697. The van der Waals surface area contributed by atoms with E-state index in [4.69, 9.17) is 0 Å². The lowest BCUT2D eigenvalue weighted by atomic mass is 10.1. The van der Waals surface area contributed by atoms with E-state index in [1.807, 2.05) is 6.07 Å². The van der Waals surface area contributed by atoms with Crippen LogP contribution in [0, 0.1) is 51.4 Å². The molecule has 3 rings (SSSR count). The van der Waals surface area contributed by atoms with Gasteiger partial charge in [-0.1, -0.05) is 29.7 Å². The van der Waals surface area contributed by atoms with Gasteiger partial charge in [-0.3, -0.25) is 0 Å². The Kier molecular flexibility index (Phi) is 8.65. The van der Waals surface area contributed by atoms with Crippen molar-refractivity contribution in [2.24, 2.45) is 0 Å². The molecule has 0 aliphatic carbocycles. The summed E-state index contributed by atoms with van der Waals surface area (Å²) in [6.45, 7) is 10.6. The fourth-order valence-electron chi connectivity index (χ4n) is 3.45. The van der Waals surface area contributed by atoms with Crippen molar-refractivity contribution >= 4 is 0 Å². The highest BCUT2D eigenvalue weighted by atomic mass is 14.9. The normalized spacial score (nSPS) is 10.1. The van der Waals surface area contributed by atoms with Crippen LogP contribution < -0.4 is 9.13 Å². The molecule has 0 saturated carbocycles. The van der Waals surface area contributed by atoms with Gasteiger partial charge in [0, 0.05) is 60.1 Å². The average molecular weight is 423 g/mol. The van der Waals surface area contributed by atoms with Crippen LogP contribution in [0.2, 0.25) is 0 Å². The number of nitrogens with zero attached hydrogens (tertiary/aromatic N) is 2. The first-order chi connectivity index (χ1) is 15.5. The van der Waals surface area contributed by atoms with Crippen LogP contribution in [0.1, 0.15) is 59.1 Å². The van der Waals surface area contributed by atoms with Crippen LogP contribution in [-0.4, -0.2) is 0 Å². The molecule has 0 fully saturated rings. The molecule has 0 atom stereocenters. The number of aromatic nitrogens is 2. The minimum Gasteiger partial charge on any atom is -0.205 e. The van der Waals surface area contributed by atoms with E-state index in [9.17, 15) is 0 Å². The van der Waals surface area contributed by atoms with Crippen molar-refractivity contribution in [3.8, 4) is 23.7 Å². The predicted molar refractivity (Wildman–Crippen MR) is 131 cm³/mol. The standard InChI is InChI=1S/C30H34N2/c1-25-16-20-31(23-27(25)3)18-9-5-7-12-29-14-11-15-30(22-29)13-8-6-10-19-32-21-17-26(2)28(4)24-32/h11,14-17,20-24H,5-6,9-10,18-19H2,1-4H3/q+2. The van der Waals surface area contributed by atoms with Crippen LogP contribution in [0.15, 0.2) is 61.2 Å². The van der Waals surface area contributed by atoms with Gasteiger partial charge in [0.05, 0.1) is 0 Å². The Hall–Kier alpha value is -3.36. The van der Waals surface area contributed by atoms with Gasteiger partial charge in [0.2, 0.25) is 0 Å². The monoisotopic (exact) mass is 422 g/mol. The van der Waals surface area contributed by atoms with Crippen LogP contribution in [-0.2, 0) is 13.1 Å². The molecule has 0 aliphatic rings. The third-order valence-corrected chi connectivity index (χ3v) is 5.76. The van der Waals surface area contributed by atoms with Crippen molar-refractivity contribution in [2.75, 3.05) is 0 Å². The van der Waals surface area contributed by atoms with Gasteiger partial charge in [-0.25, -0.2) is 9.13 Å². The Morgan fingerprint density at radius 2 is 1.09 bits per heavy atom. The number of pyridine rings is 2. The molecule has 2 nitrogen and oxygen atoms in total. The second-order valence-electron chi connectivity index (χ2n) is 8.49. The van der Waals surface area contributed by atoms with E-state index < -0.39 is 0 Å². The molecule has 2 aromatic heterocycles. The molecule has 0 radical (unpaired) electrons. The first-order valence-electron chi connectivity index (χ1n) is 11.5. The van der Waals surface area contributed by atoms with Gasteiger partial charge in [-0.2, -0.15) is 0 Å². The molecule has 162 valence electrons. The first-order valence-corrected chi connectivity index (χ1v) is 11.5. The minimum atomic E-state index is 0.895. The van der Waals surface area contributed by atoms with Crippen molar-refractivity contribution in [2.45, 2.75) is 66.5 Å². The van der Waals surface area contributed by atoms with Gasteiger partial charge < -0.3 is 0 Å². The molecular weight excluding hydrogens is 388 g/mol. The van der Waals surface area contributed by atoms with Gasteiger partial charge in [0.25, 0.3) is 0 Å². The van der Waals surface area contributed by atoms with Crippen molar-refractivity contribution < 1.29 is 9.13 Å². The maximum absolute atomic E-state index is 3.31. The summed E-state index contributed by atoms with van der Waals surface area (Å²) < 4.78 is 4.50. The quantitative estimate of drug-likeness (QED) is 0.295. The Balaban J connectivity index is 1.44.